The topological polar surface area (TPSA) is 89.3 Å². The largest absolute Gasteiger partial charge is 0.487 e. The number of nitrogen functional groups attached to an aromatic ring is 1. The van der Waals surface area contributed by atoms with Gasteiger partial charge in [0.05, 0.1) is 0 Å². The Kier molecular flexibility index (Phi) is 5.03. The van der Waals surface area contributed by atoms with Crippen molar-refractivity contribution in [2.24, 2.45) is 0 Å². The molecule has 0 aliphatic carbocycles. The van der Waals surface area contributed by atoms with Gasteiger partial charge in [0.2, 0.25) is 5.95 Å². The smallest absolute Gasteiger partial charge is 0.251 e. The number of fused-ring (bicyclic) bond motifs is 2. The molecule has 3 aliphatic rings. The highest BCUT2D eigenvalue weighted by Gasteiger charge is 2.37. The average Bonchev–Trinajstić information content (AvgIpc) is 2.84. The molecule has 174 valence electrons. The predicted molar refractivity (Wildman–Crippen MR) is 129 cm³/mol. The number of nitrogens with two attached hydrogens (primary N) is 1. The minimum absolute atomic E-state index is 0.0683. The van der Waals surface area contributed by atoms with Crippen LogP contribution in [0, 0.1) is 5.95 Å². The van der Waals surface area contributed by atoms with Gasteiger partial charge in [0.15, 0.2) is 0 Å². The van der Waals surface area contributed by atoms with Gasteiger partial charge in [0, 0.05) is 23.2 Å². The SMILES string of the molecule is Nc1nc(F)c(-c2ccc3c(c2)CCC2(CCNCC2)O3)cc1-c1ccc2c(c1)CCNC2=O. The third-order valence-corrected chi connectivity index (χ3v) is 7.41. The van der Waals surface area contributed by atoms with Gasteiger partial charge < -0.3 is 21.1 Å². The quantitative estimate of drug-likeness (QED) is 0.508. The lowest BCUT2D eigenvalue weighted by atomic mass is 9.83. The second kappa shape index (κ2) is 8.09. The van der Waals surface area contributed by atoms with E-state index in [1.54, 1.807) is 12.1 Å². The molecule has 1 fully saturated rings. The molecule has 2 aromatic carbocycles. The summed E-state index contributed by atoms with van der Waals surface area (Å²) in [7, 11) is 0. The average molecular weight is 459 g/mol. The van der Waals surface area contributed by atoms with Gasteiger partial charge in [-0.3, -0.25) is 4.79 Å². The van der Waals surface area contributed by atoms with Gasteiger partial charge in [-0.1, -0.05) is 18.2 Å². The summed E-state index contributed by atoms with van der Waals surface area (Å²) in [6.45, 7) is 2.56. The molecule has 0 bridgehead atoms. The number of benzene rings is 2. The van der Waals surface area contributed by atoms with E-state index in [0.29, 0.717) is 23.2 Å². The number of hydrogen-bond acceptors (Lipinski definition) is 5. The number of rotatable bonds is 2. The summed E-state index contributed by atoms with van der Waals surface area (Å²) in [5.74, 6) is 0.371. The van der Waals surface area contributed by atoms with E-state index in [0.717, 1.165) is 73.2 Å². The first-order valence-electron chi connectivity index (χ1n) is 11.9. The van der Waals surface area contributed by atoms with Crippen LogP contribution in [0.15, 0.2) is 42.5 Å². The monoisotopic (exact) mass is 458 g/mol. The van der Waals surface area contributed by atoms with Gasteiger partial charge in [-0.15, -0.1) is 0 Å². The number of carbonyl (C=O) groups is 1. The molecule has 3 aromatic rings. The highest BCUT2D eigenvalue weighted by atomic mass is 19.1. The lowest BCUT2D eigenvalue weighted by Gasteiger charge is -2.41. The number of hydrogen-bond donors (Lipinski definition) is 3. The van der Waals surface area contributed by atoms with Crippen molar-refractivity contribution < 1.29 is 13.9 Å². The zero-order valence-corrected chi connectivity index (χ0v) is 18.9. The summed E-state index contributed by atoms with van der Waals surface area (Å²) in [5, 5.41) is 6.25. The Bertz CT molecular complexity index is 1300. The third-order valence-electron chi connectivity index (χ3n) is 7.41. The van der Waals surface area contributed by atoms with Crippen LogP contribution in [-0.2, 0) is 12.8 Å². The van der Waals surface area contributed by atoms with Crippen molar-refractivity contribution in [1.29, 1.82) is 0 Å². The standard InChI is InChI=1S/C27H27FN4O2/c28-24-21(16-2-4-23-19(14-16)5-7-27(34-23)8-11-30-12-9-27)15-22(25(29)32-24)17-1-3-20-18(13-17)6-10-31-26(20)33/h1-4,13-15,30H,5-12H2,(H2,29,32)(H,31,33). The summed E-state index contributed by atoms with van der Waals surface area (Å²) in [5.41, 5.74) is 11.4. The zero-order chi connectivity index (χ0) is 23.3. The van der Waals surface area contributed by atoms with Crippen molar-refractivity contribution in [1.82, 2.24) is 15.6 Å². The molecule has 0 unspecified atom stereocenters. The Morgan fingerprint density at radius 2 is 1.65 bits per heavy atom. The fourth-order valence-electron chi connectivity index (χ4n) is 5.46. The van der Waals surface area contributed by atoms with Crippen molar-refractivity contribution in [2.45, 2.75) is 37.7 Å². The maximum absolute atomic E-state index is 15.0. The van der Waals surface area contributed by atoms with E-state index in [2.05, 4.69) is 15.6 Å². The van der Waals surface area contributed by atoms with Crippen LogP contribution in [0.3, 0.4) is 0 Å². The van der Waals surface area contributed by atoms with E-state index in [9.17, 15) is 9.18 Å². The molecule has 0 radical (unpaired) electrons. The molecule has 4 N–H and O–H groups in total. The highest BCUT2D eigenvalue weighted by molar-refractivity contribution is 5.97. The molecule has 1 saturated heterocycles. The van der Waals surface area contributed by atoms with Crippen LogP contribution >= 0.6 is 0 Å². The van der Waals surface area contributed by atoms with Crippen LogP contribution in [0.4, 0.5) is 10.2 Å². The van der Waals surface area contributed by atoms with Gasteiger partial charge in [0.1, 0.15) is 17.2 Å². The first-order valence-corrected chi connectivity index (χ1v) is 11.9. The lowest BCUT2D eigenvalue weighted by Crippen LogP contribution is -2.48. The number of nitrogens with one attached hydrogen (secondary N) is 2. The fraction of sp³-hybridized carbons (Fsp3) is 0.333. The summed E-state index contributed by atoms with van der Waals surface area (Å²) in [6.07, 6.45) is 4.65. The molecular weight excluding hydrogens is 431 g/mol. The molecule has 4 heterocycles. The van der Waals surface area contributed by atoms with Crippen LogP contribution in [0.1, 0.15) is 40.7 Å². The van der Waals surface area contributed by atoms with Crippen LogP contribution < -0.4 is 21.1 Å². The Hall–Kier alpha value is -3.45. The first kappa shape index (κ1) is 21.1. The minimum Gasteiger partial charge on any atom is -0.487 e. The van der Waals surface area contributed by atoms with E-state index in [-0.39, 0.29) is 17.3 Å². The fourth-order valence-corrected chi connectivity index (χ4v) is 5.46. The predicted octanol–water partition coefficient (Wildman–Crippen LogP) is 3.87. The zero-order valence-electron chi connectivity index (χ0n) is 18.9. The number of anilines is 1. The van der Waals surface area contributed by atoms with Crippen molar-refractivity contribution in [3.63, 3.8) is 0 Å². The molecule has 6 rings (SSSR count). The Morgan fingerprint density at radius 1 is 0.882 bits per heavy atom. The normalized spacial score (nSPS) is 18.6. The molecule has 1 aromatic heterocycles. The Morgan fingerprint density at radius 3 is 2.50 bits per heavy atom. The van der Waals surface area contributed by atoms with Gasteiger partial charge in [0.25, 0.3) is 5.91 Å². The molecule has 0 saturated carbocycles. The third kappa shape index (κ3) is 3.60. The maximum Gasteiger partial charge on any atom is 0.251 e. The van der Waals surface area contributed by atoms with E-state index >= 15 is 0 Å². The molecule has 34 heavy (non-hydrogen) atoms. The molecule has 3 aliphatic heterocycles. The molecule has 6 nitrogen and oxygen atoms in total. The van der Waals surface area contributed by atoms with Crippen LogP contribution in [-0.4, -0.2) is 36.1 Å². The number of halogens is 1. The summed E-state index contributed by atoms with van der Waals surface area (Å²) < 4.78 is 21.4. The van der Waals surface area contributed by atoms with Gasteiger partial charge in [-0.05, 0) is 91.7 Å². The number of carbonyl (C=O) groups excluding carboxylic acids is 1. The van der Waals surface area contributed by atoms with E-state index in [4.69, 9.17) is 10.5 Å². The van der Waals surface area contributed by atoms with Crippen molar-refractivity contribution in [3.05, 3.63) is 65.1 Å². The number of piperidine rings is 1. The second-order valence-corrected chi connectivity index (χ2v) is 9.49. The Balaban J connectivity index is 1.36. The summed E-state index contributed by atoms with van der Waals surface area (Å²) >= 11 is 0. The number of pyridine rings is 1. The number of ether oxygens (including phenoxy) is 1. The summed E-state index contributed by atoms with van der Waals surface area (Å²) in [4.78, 5) is 16.1. The van der Waals surface area contributed by atoms with Crippen LogP contribution in [0.5, 0.6) is 5.75 Å². The molecule has 0 atom stereocenters. The number of nitrogens with zero attached hydrogens (tertiary/aromatic N) is 1. The first-order chi connectivity index (χ1) is 16.5. The van der Waals surface area contributed by atoms with Crippen LogP contribution in [0.25, 0.3) is 22.3 Å². The van der Waals surface area contributed by atoms with Crippen molar-refractivity contribution in [3.8, 4) is 28.0 Å². The highest BCUT2D eigenvalue weighted by Crippen LogP contribution is 2.41. The number of aryl methyl sites for hydroxylation is 1. The molecule has 1 spiro atoms. The lowest BCUT2D eigenvalue weighted by molar-refractivity contribution is 0.0170. The molecule has 1 amide bonds. The van der Waals surface area contributed by atoms with Gasteiger partial charge in [-0.2, -0.15) is 4.39 Å². The number of aromatic nitrogens is 1. The van der Waals surface area contributed by atoms with Crippen LogP contribution in [0.2, 0.25) is 0 Å². The second-order valence-electron chi connectivity index (χ2n) is 9.49. The molecule has 7 heteroatoms. The van der Waals surface area contributed by atoms with E-state index < -0.39 is 5.95 Å². The van der Waals surface area contributed by atoms with Gasteiger partial charge >= 0.3 is 0 Å². The van der Waals surface area contributed by atoms with E-state index in [1.165, 1.54) is 0 Å². The number of amides is 1. The van der Waals surface area contributed by atoms with Crippen molar-refractivity contribution in [2.75, 3.05) is 25.4 Å². The molecular formula is C27H27FN4O2. The Labute approximate surface area is 197 Å². The maximum atomic E-state index is 15.0. The minimum atomic E-state index is -0.593. The summed E-state index contributed by atoms with van der Waals surface area (Å²) in [6, 6.07) is 13.2. The van der Waals surface area contributed by atoms with Crippen molar-refractivity contribution >= 4 is 11.7 Å². The van der Waals surface area contributed by atoms with E-state index in [1.807, 2.05) is 30.3 Å². The van der Waals surface area contributed by atoms with Gasteiger partial charge in [-0.25, -0.2) is 4.98 Å².